The zero-order valence-corrected chi connectivity index (χ0v) is 9.55. The normalized spacial score (nSPS) is 27.5. The summed E-state index contributed by atoms with van der Waals surface area (Å²) in [5.41, 5.74) is 0. The highest BCUT2D eigenvalue weighted by atomic mass is 15.1. The van der Waals surface area contributed by atoms with Crippen LogP contribution in [0.5, 0.6) is 0 Å². The van der Waals surface area contributed by atoms with E-state index in [9.17, 15) is 0 Å². The zero-order valence-electron chi connectivity index (χ0n) is 9.55. The molecule has 1 aliphatic heterocycles. The van der Waals surface area contributed by atoms with Gasteiger partial charge in [-0.25, -0.2) is 0 Å². The summed E-state index contributed by atoms with van der Waals surface area (Å²) in [6.45, 7) is 11.0. The van der Waals surface area contributed by atoms with Crippen LogP contribution in [-0.2, 0) is 0 Å². The fraction of sp³-hybridized carbons (Fsp3) is 1.00. The Kier molecular flexibility index (Phi) is 4.79. The predicted octanol–water partition coefficient (Wildman–Crippen LogP) is 3.15. The molecule has 0 spiro atoms. The number of hydrogen-bond acceptors (Lipinski definition) is 1. The average molecular weight is 183 g/mol. The van der Waals surface area contributed by atoms with Gasteiger partial charge in [0.15, 0.2) is 0 Å². The topological polar surface area (TPSA) is 3.24 Å². The maximum absolute atomic E-state index is 2.61. The van der Waals surface area contributed by atoms with E-state index >= 15 is 0 Å². The summed E-state index contributed by atoms with van der Waals surface area (Å²) in [6.07, 6.45) is 5.66. The smallest absolute Gasteiger partial charge is 0.00121 e. The molecule has 2 atom stereocenters. The van der Waals surface area contributed by atoms with Crippen LogP contribution in [0.3, 0.4) is 0 Å². The zero-order chi connectivity index (χ0) is 9.68. The molecule has 0 aromatic rings. The molecule has 0 bridgehead atoms. The van der Waals surface area contributed by atoms with Gasteiger partial charge in [-0.05, 0) is 37.8 Å². The van der Waals surface area contributed by atoms with E-state index < -0.39 is 0 Å². The SMILES string of the molecule is CCCC(C)C1CCCN(CC)C1. The molecule has 0 radical (unpaired) electrons. The molecule has 1 fully saturated rings. The summed E-state index contributed by atoms with van der Waals surface area (Å²) in [5.74, 6) is 1.92. The Bertz CT molecular complexity index is 133. The van der Waals surface area contributed by atoms with Crippen molar-refractivity contribution in [1.82, 2.24) is 4.90 Å². The standard InChI is InChI=1S/C12H25N/c1-4-7-11(3)12-8-6-9-13(5-2)10-12/h11-12H,4-10H2,1-3H3. The molecule has 0 amide bonds. The monoisotopic (exact) mass is 183 g/mol. The van der Waals surface area contributed by atoms with E-state index in [1.807, 2.05) is 0 Å². The van der Waals surface area contributed by atoms with Crippen LogP contribution in [-0.4, -0.2) is 24.5 Å². The Morgan fingerprint density at radius 3 is 2.77 bits per heavy atom. The Morgan fingerprint density at radius 1 is 1.38 bits per heavy atom. The van der Waals surface area contributed by atoms with Crippen molar-refractivity contribution in [2.24, 2.45) is 11.8 Å². The number of nitrogens with zero attached hydrogens (tertiary/aromatic N) is 1. The van der Waals surface area contributed by atoms with E-state index in [4.69, 9.17) is 0 Å². The van der Waals surface area contributed by atoms with Gasteiger partial charge >= 0.3 is 0 Å². The average Bonchev–Trinajstić information content (AvgIpc) is 2.18. The van der Waals surface area contributed by atoms with Crippen LogP contribution in [0.1, 0.15) is 46.5 Å². The minimum atomic E-state index is 0.944. The van der Waals surface area contributed by atoms with E-state index in [-0.39, 0.29) is 0 Å². The fourth-order valence-electron chi connectivity index (χ4n) is 2.53. The molecule has 13 heavy (non-hydrogen) atoms. The largest absolute Gasteiger partial charge is 0.303 e. The van der Waals surface area contributed by atoms with Gasteiger partial charge in [0.25, 0.3) is 0 Å². The van der Waals surface area contributed by atoms with Gasteiger partial charge in [-0.2, -0.15) is 0 Å². The quantitative estimate of drug-likeness (QED) is 0.647. The third-order valence-corrected chi connectivity index (χ3v) is 3.54. The first-order valence-corrected chi connectivity index (χ1v) is 6.00. The molecule has 0 aromatic heterocycles. The van der Waals surface area contributed by atoms with Crippen molar-refractivity contribution in [2.45, 2.75) is 46.5 Å². The molecule has 1 rings (SSSR count). The van der Waals surface area contributed by atoms with Crippen LogP contribution in [0.2, 0.25) is 0 Å². The summed E-state index contributed by atoms with van der Waals surface area (Å²) in [7, 11) is 0. The predicted molar refractivity (Wildman–Crippen MR) is 58.9 cm³/mol. The van der Waals surface area contributed by atoms with Crippen LogP contribution in [0.15, 0.2) is 0 Å². The minimum absolute atomic E-state index is 0.944. The molecule has 1 heterocycles. The minimum Gasteiger partial charge on any atom is -0.303 e. The number of rotatable bonds is 4. The van der Waals surface area contributed by atoms with E-state index in [1.54, 1.807) is 0 Å². The third-order valence-electron chi connectivity index (χ3n) is 3.54. The maximum atomic E-state index is 2.61. The summed E-state index contributed by atoms with van der Waals surface area (Å²) in [6, 6.07) is 0. The van der Waals surface area contributed by atoms with Gasteiger partial charge in [0, 0.05) is 6.54 Å². The van der Waals surface area contributed by atoms with Crippen LogP contribution in [0.4, 0.5) is 0 Å². The molecule has 0 N–H and O–H groups in total. The Balaban J connectivity index is 2.32. The van der Waals surface area contributed by atoms with Crippen LogP contribution in [0.25, 0.3) is 0 Å². The van der Waals surface area contributed by atoms with Crippen molar-refractivity contribution in [3.8, 4) is 0 Å². The highest BCUT2D eigenvalue weighted by Crippen LogP contribution is 2.26. The van der Waals surface area contributed by atoms with Gasteiger partial charge in [0.2, 0.25) is 0 Å². The number of hydrogen-bond donors (Lipinski definition) is 0. The van der Waals surface area contributed by atoms with E-state index in [2.05, 4.69) is 25.7 Å². The van der Waals surface area contributed by atoms with Gasteiger partial charge in [-0.15, -0.1) is 0 Å². The lowest BCUT2D eigenvalue weighted by atomic mass is 9.84. The van der Waals surface area contributed by atoms with E-state index in [1.165, 1.54) is 45.3 Å². The molecular formula is C12H25N. The second-order valence-corrected chi connectivity index (χ2v) is 4.56. The molecule has 1 nitrogen and oxygen atoms in total. The second kappa shape index (κ2) is 5.64. The van der Waals surface area contributed by atoms with Crippen molar-refractivity contribution < 1.29 is 0 Å². The lowest BCUT2D eigenvalue weighted by Gasteiger charge is -2.35. The van der Waals surface area contributed by atoms with Gasteiger partial charge in [0.05, 0.1) is 0 Å². The molecule has 1 aliphatic rings. The third kappa shape index (κ3) is 3.30. The highest BCUT2D eigenvalue weighted by Gasteiger charge is 2.22. The van der Waals surface area contributed by atoms with Crippen molar-refractivity contribution in [3.63, 3.8) is 0 Å². The summed E-state index contributed by atoms with van der Waals surface area (Å²) >= 11 is 0. The lowest BCUT2D eigenvalue weighted by molar-refractivity contribution is 0.141. The molecular weight excluding hydrogens is 158 g/mol. The maximum Gasteiger partial charge on any atom is 0.00121 e. The molecule has 0 aromatic carbocycles. The van der Waals surface area contributed by atoms with Crippen LogP contribution < -0.4 is 0 Å². The van der Waals surface area contributed by atoms with Gasteiger partial charge in [-0.1, -0.05) is 33.6 Å². The van der Waals surface area contributed by atoms with Gasteiger partial charge in [0.1, 0.15) is 0 Å². The van der Waals surface area contributed by atoms with E-state index in [0.717, 1.165) is 11.8 Å². The fourth-order valence-corrected chi connectivity index (χ4v) is 2.53. The van der Waals surface area contributed by atoms with Crippen molar-refractivity contribution >= 4 is 0 Å². The summed E-state index contributed by atoms with van der Waals surface area (Å²) in [5, 5.41) is 0. The first kappa shape index (κ1) is 11.0. The Hall–Kier alpha value is -0.0400. The molecule has 78 valence electrons. The second-order valence-electron chi connectivity index (χ2n) is 4.56. The molecule has 1 saturated heterocycles. The molecule has 2 unspecified atom stereocenters. The molecule has 1 heteroatoms. The van der Waals surface area contributed by atoms with Crippen LogP contribution in [0, 0.1) is 11.8 Å². The summed E-state index contributed by atoms with van der Waals surface area (Å²) in [4.78, 5) is 2.61. The Labute approximate surface area is 83.5 Å². The molecule has 0 saturated carbocycles. The van der Waals surface area contributed by atoms with Gasteiger partial charge < -0.3 is 4.90 Å². The highest BCUT2D eigenvalue weighted by molar-refractivity contribution is 4.75. The Morgan fingerprint density at radius 2 is 2.15 bits per heavy atom. The number of likely N-dealkylation sites (tertiary alicyclic amines) is 1. The first-order valence-electron chi connectivity index (χ1n) is 6.00. The van der Waals surface area contributed by atoms with E-state index in [0.29, 0.717) is 0 Å². The summed E-state index contributed by atoms with van der Waals surface area (Å²) < 4.78 is 0. The number of piperidine rings is 1. The molecule has 0 aliphatic carbocycles. The lowest BCUT2D eigenvalue weighted by Crippen LogP contribution is -2.37. The van der Waals surface area contributed by atoms with Crippen molar-refractivity contribution in [1.29, 1.82) is 0 Å². The van der Waals surface area contributed by atoms with Crippen LogP contribution >= 0.6 is 0 Å². The first-order chi connectivity index (χ1) is 6.27. The van der Waals surface area contributed by atoms with Crippen molar-refractivity contribution in [3.05, 3.63) is 0 Å². The van der Waals surface area contributed by atoms with Crippen molar-refractivity contribution in [2.75, 3.05) is 19.6 Å². The van der Waals surface area contributed by atoms with Gasteiger partial charge in [-0.3, -0.25) is 0 Å².